The molecule has 2 rings (SSSR count). The molecule has 0 aliphatic heterocycles. The maximum Gasteiger partial charge on any atom is 0.341 e. The van der Waals surface area contributed by atoms with Gasteiger partial charge in [-0.1, -0.05) is 20.3 Å². The summed E-state index contributed by atoms with van der Waals surface area (Å²) in [4.78, 5) is 35.1. The Kier molecular flexibility index (Phi) is 4.87. The molecule has 1 aromatic heterocycles. The molecule has 0 fully saturated rings. The van der Waals surface area contributed by atoms with Crippen LogP contribution in [0.1, 0.15) is 36.7 Å². The molecular formula is C16H14F3NO5. The highest BCUT2D eigenvalue weighted by atomic mass is 19.2. The van der Waals surface area contributed by atoms with Crippen LogP contribution in [0.4, 0.5) is 13.2 Å². The highest BCUT2D eigenvalue weighted by Crippen LogP contribution is 2.29. The maximum absolute atomic E-state index is 14.3. The number of benzene rings is 1. The van der Waals surface area contributed by atoms with Crippen LogP contribution in [-0.4, -0.2) is 26.7 Å². The lowest BCUT2D eigenvalue weighted by atomic mass is 9.97. The van der Waals surface area contributed by atoms with Crippen LogP contribution in [0, 0.1) is 23.4 Å². The molecule has 0 bridgehead atoms. The molecule has 0 spiro atoms. The average Bonchev–Trinajstić information content (AvgIpc) is 2.54. The molecule has 0 saturated heterocycles. The number of fused-ring (bicyclic) bond motifs is 1. The molecule has 134 valence electrons. The fourth-order valence-corrected chi connectivity index (χ4v) is 2.65. The SMILES string of the molecule is CCC(C)C(C(=O)O)n1cc(C(=O)O)c(=O)c2cc(F)c(F)c(F)c21. The van der Waals surface area contributed by atoms with Crippen LogP contribution >= 0.6 is 0 Å². The van der Waals surface area contributed by atoms with Gasteiger partial charge in [-0.3, -0.25) is 4.79 Å². The smallest absolute Gasteiger partial charge is 0.341 e. The highest BCUT2D eigenvalue weighted by molar-refractivity contribution is 5.93. The fraction of sp³-hybridized carbons (Fsp3) is 0.312. The largest absolute Gasteiger partial charge is 0.480 e. The zero-order valence-electron chi connectivity index (χ0n) is 13.2. The molecule has 2 atom stereocenters. The number of hydrogen-bond donors (Lipinski definition) is 2. The van der Waals surface area contributed by atoms with E-state index in [-0.39, 0.29) is 0 Å². The van der Waals surface area contributed by atoms with Gasteiger partial charge in [0, 0.05) is 6.20 Å². The molecule has 1 heterocycles. The molecule has 0 amide bonds. The van der Waals surface area contributed by atoms with Gasteiger partial charge in [-0.2, -0.15) is 0 Å². The molecule has 0 aliphatic rings. The Labute approximate surface area is 139 Å². The molecule has 0 aliphatic carbocycles. The first-order chi connectivity index (χ1) is 11.6. The highest BCUT2D eigenvalue weighted by Gasteiger charge is 2.30. The standard InChI is InChI=1S/C16H14F3NO5/c1-3-6(2)12(16(24)25)20-5-8(15(22)23)14(21)7-4-9(17)10(18)11(19)13(7)20/h4-6,12H,3H2,1-2H3,(H,22,23)(H,24,25). The van der Waals surface area contributed by atoms with Gasteiger partial charge >= 0.3 is 11.9 Å². The maximum atomic E-state index is 14.3. The number of hydrogen-bond acceptors (Lipinski definition) is 3. The second kappa shape index (κ2) is 6.58. The summed E-state index contributed by atoms with van der Waals surface area (Å²) in [6.07, 6.45) is 0.969. The molecule has 1 aromatic carbocycles. The summed E-state index contributed by atoms with van der Waals surface area (Å²) in [6, 6.07) is -1.11. The van der Waals surface area contributed by atoms with Crippen molar-refractivity contribution in [2.45, 2.75) is 26.3 Å². The van der Waals surface area contributed by atoms with Gasteiger partial charge in [0.1, 0.15) is 11.6 Å². The molecule has 2 unspecified atom stereocenters. The number of aliphatic carboxylic acids is 1. The lowest BCUT2D eigenvalue weighted by Crippen LogP contribution is -2.29. The van der Waals surface area contributed by atoms with Crippen LogP contribution in [0.5, 0.6) is 0 Å². The van der Waals surface area contributed by atoms with Crippen molar-refractivity contribution >= 4 is 22.8 Å². The van der Waals surface area contributed by atoms with Crippen molar-refractivity contribution in [1.29, 1.82) is 0 Å². The summed E-state index contributed by atoms with van der Waals surface area (Å²) < 4.78 is 42.1. The number of carboxylic acid groups (broad SMARTS) is 2. The first-order valence-electron chi connectivity index (χ1n) is 7.30. The average molecular weight is 357 g/mol. The van der Waals surface area contributed by atoms with Gasteiger partial charge in [0.2, 0.25) is 5.43 Å². The van der Waals surface area contributed by atoms with E-state index in [0.717, 1.165) is 0 Å². The number of aromatic carboxylic acids is 1. The Morgan fingerprint density at radius 1 is 1.20 bits per heavy atom. The first-order valence-corrected chi connectivity index (χ1v) is 7.30. The zero-order valence-corrected chi connectivity index (χ0v) is 13.2. The van der Waals surface area contributed by atoms with E-state index in [2.05, 4.69) is 0 Å². The van der Waals surface area contributed by atoms with Gasteiger partial charge in [0.15, 0.2) is 17.5 Å². The summed E-state index contributed by atoms with van der Waals surface area (Å²) in [5.74, 6) is -9.04. The van der Waals surface area contributed by atoms with Crippen molar-refractivity contribution in [2.24, 2.45) is 5.92 Å². The van der Waals surface area contributed by atoms with E-state index in [0.29, 0.717) is 23.3 Å². The van der Waals surface area contributed by atoms with Gasteiger partial charge in [-0.25, -0.2) is 22.8 Å². The Morgan fingerprint density at radius 2 is 1.80 bits per heavy atom. The summed E-state index contributed by atoms with van der Waals surface area (Å²) in [7, 11) is 0. The third-order valence-electron chi connectivity index (χ3n) is 4.12. The summed E-state index contributed by atoms with van der Waals surface area (Å²) in [5.41, 5.74) is -2.89. The third-order valence-corrected chi connectivity index (χ3v) is 4.12. The van der Waals surface area contributed by atoms with Crippen LogP contribution in [-0.2, 0) is 4.79 Å². The summed E-state index contributed by atoms with van der Waals surface area (Å²) >= 11 is 0. The van der Waals surface area contributed by atoms with Gasteiger partial charge < -0.3 is 14.8 Å². The zero-order chi connectivity index (χ0) is 19.0. The predicted octanol–water partition coefficient (Wildman–Crippen LogP) is 2.79. The molecular weight excluding hydrogens is 343 g/mol. The molecule has 0 saturated carbocycles. The van der Waals surface area contributed by atoms with Crippen molar-refractivity contribution in [1.82, 2.24) is 4.57 Å². The molecule has 0 radical (unpaired) electrons. The predicted molar refractivity (Wildman–Crippen MR) is 81.2 cm³/mol. The van der Waals surface area contributed by atoms with Gasteiger partial charge in [-0.15, -0.1) is 0 Å². The second-order valence-corrected chi connectivity index (χ2v) is 5.64. The Hall–Kier alpha value is -2.84. The van der Waals surface area contributed by atoms with Crippen LogP contribution < -0.4 is 5.43 Å². The first kappa shape index (κ1) is 18.5. The number of nitrogens with zero attached hydrogens (tertiary/aromatic N) is 1. The second-order valence-electron chi connectivity index (χ2n) is 5.64. The van der Waals surface area contributed by atoms with Crippen molar-refractivity contribution in [2.75, 3.05) is 0 Å². The normalized spacial score (nSPS) is 13.6. The van der Waals surface area contributed by atoms with Gasteiger partial charge in [0.25, 0.3) is 0 Å². The van der Waals surface area contributed by atoms with E-state index < -0.39 is 63.2 Å². The van der Waals surface area contributed by atoms with E-state index in [1.165, 1.54) is 6.92 Å². The monoisotopic (exact) mass is 357 g/mol. The van der Waals surface area contributed by atoms with Gasteiger partial charge in [0.05, 0.1) is 10.9 Å². The van der Waals surface area contributed by atoms with Crippen molar-refractivity contribution in [3.63, 3.8) is 0 Å². The number of pyridine rings is 1. The number of carbonyl (C=O) groups is 2. The Balaban J connectivity index is 3.07. The number of rotatable bonds is 5. The topological polar surface area (TPSA) is 96.6 Å². The van der Waals surface area contributed by atoms with E-state index in [1.807, 2.05) is 0 Å². The van der Waals surface area contributed by atoms with Crippen molar-refractivity contribution in [3.8, 4) is 0 Å². The molecule has 9 heteroatoms. The van der Waals surface area contributed by atoms with Gasteiger partial charge in [-0.05, 0) is 12.0 Å². The minimum Gasteiger partial charge on any atom is -0.480 e. The minimum atomic E-state index is -1.88. The van der Waals surface area contributed by atoms with E-state index in [9.17, 15) is 32.7 Å². The van der Waals surface area contributed by atoms with E-state index >= 15 is 0 Å². The van der Waals surface area contributed by atoms with Crippen LogP contribution in [0.3, 0.4) is 0 Å². The Morgan fingerprint density at radius 3 is 2.28 bits per heavy atom. The Bertz CT molecular complexity index is 938. The number of halogens is 3. The summed E-state index contributed by atoms with van der Waals surface area (Å²) in [6.45, 7) is 3.17. The number of carboxylic acids is 2. The van der Waals surface area contributed by atoms with Crippen LogP contribution in [0.25, 0.3) is 10.9 Å². The van der Waals surface area contributed by atoms with Crippen LogP contribution in [0.2, 0.25) is 0 Å². The number of aromatic nitrogens is 1. The van der Waals surface area contributed by atoms with Crippen molar-refractivity contribution < 1.29 is 33.0 Å². The lowest BCUT2D eigenvalue weighted by molar-refractivity contribution is -0.142. The quantitative estimate of drug-likeness (QED) is 0.802. The van der Waals surface area contributed by atoms with Crippen molar-refractivity contribution in [3.05, 3.63) is 45.5 Å². The summed E-state index contributed by atoms with van der Waals surface area (Å²) in [5, 5.41) is 17.9. The molecule has 25 heavy (non-hydrogen) atoms. The van der Waals surface area contributed by atoms with E-state index in [1.54, 1.807) is 6.92 Å². The van der Waals surface area contributed by atoms with Crippen LogP contribution in [0.15, 0.2) is 17.1 Å². The third kappa shape index (κ3) is 2.97. The molecule has 6 nitrogen and oxygen atoms in total. The fourth-order valence-electron chi connectivity index (χ4n) is 2.65. The molecule has 2 aromatic rings. The minimum absolute atomic E-state index is 0.318. The van der Waals surface area contributed by atoms with E-state index in [4.69, 9.17) is 5.11 Å². The molecule has 2 N–H and O–H groups in total. The lowest BCUT2D eigenvalue weighted by Gasteiger charge is -2.24.